The quantitative estimate of drug-likeness (QED) is 0.638. The molecule has 0 aliphatic rings. The lowest BCUT2D eigenvalue weighted by atomic mass is 10.5. The molecular weight excluding hydrogens is 242 g/mol. The van der Waals surface area contributed by atoms with Crippen LogP contribution in [0.4, 0.5) is 5.13 Å². The minimum Gasteiger partial charge on any atom is -0.463 e. The summed E-state index contributed by atoms with van der Waals surface area (Å²) in [5.41, 5.74) is 0. The first-order valence-corrected chi connectivity index (χ1v) is 5.49. The Balaban J connectivity index is 2.50. The molecule has 1 aromatic heterocycles. The number of carbonyl (C=O) groups excluding carboxylic acids is 2. The Hall–Kier alpha value is -2.20. The fourth-order valence-corrected chi connectivity index (χ4v) is 1.48. The molecule has 7 heteroatoms. The zero-order chi connectivity index (χ0) is 12.7. The molecule has 0 aromatic carbocycles. The van der Waals surface area contributed by atoms with Crippen molar-refractivity contribution in [3.8, 4) is 6.07 Å². The van der Waals surface area contributed by atoms with E-state index in [1.54, 1.807) is 6.92 Å². The monoisotopic (exact) mass is 251 g/mol. The zero-order valence-corrected chi connectivity index (χ0v) is 9.78. The molecule has 88 valence electrons. The van der Waals surface area contributed by atoms with Gasteiger partial charge < -0.3 is 4.74 Å². The number of carbonyl (C=O) groups is 2. The van der Waals surface area contributed by atoms with E-state index in [9.17, 15) is 9.59 Å². The highest BCUT2D eigenvalue weighted by Gasteiger charge is 2.04. The predicted octanol–water partition coefficient (Wildman–Crippen LogP) is 1.07. The molecule has 0 radical (unpaired) electrons. The van der Waals surface area contributed by atoms with Gasteiger partial charge >= 0.3 is 5.97 Å². The first-order valence-electron chi connectivity index (χ1n) is 4.67. The minimum absolute atomic E-state index is 0.253. The van der Waals surface area contributed by atoms with Gasteiger partial charge in [-0.15, -0.1) is 0 Å². The fourth-order valence-electron chi connectivity index (χ4n) is 0.865. The molecule has 0 aliphatic carbocycles. The van der Waals surface area contributed by atoms with Gasteiger partial charge in [0.2, 0.25) is 5.91 Å². The average molecular weight is 251 g/mol. The summed E-state index contributed by atoms with van der Waals surface area (Å²) in [6.07, 6.45) is 3.43. The summed E-state index contributed by atoms with van der Waals surface area (Å²) in [5, 5.41) is 11.3. The van der Waals surface area contributed by atoms with Crippen molar-refractivity contribution in [2.75, 3.05) is 11.9 Å². The van der Waals surface area contributed by atoms with Gasteiger partial charge in [0.15, 0.2) is 5.13 Å². The fraction of sp³-hybridized carbons (Fsp3) is 0.200. The van der Waals surface area contributed by atoms with Gasteiger partial charge in [-0.25, -0.2) is 9.78 Å². The first kappa shape index (κ1) is 12.9. The maximum atomic E-state index is 11.3. The number of ether oxygens (including phenoxy) is 1. The number of esters is 1. The topological polar surface area (TPSA) is 92.1 Å². The van der Waals surface area contributed by atoms with Crippen LogP contribution in [0.15, 0.2) is 18.3 Å². The molecule has 0 spiro atoms. The molecular formula is C10H9N3O3S. The van der Waals surface area contributed by atoms with Crippen LogP contribution in [0.1, 0.15) is 11.8 Å². The second-order valence-electron chi connectivity index (χ2n) is 2.72. The van der Waals surface area contributed by atoms with Crippen molar-refractivity contribution in [2.45, 2.75) is 6.92 Å². The van der Waals surface area contributed by atoms with Crippen LogP contribution in [0.3, 0.4) is 0 Å². The number of anilines is 1. The van der Waals surface area contributed by atoms with E-state index in [0.717, 1.165) is 23.5 Å². The van der Waals surface area contributed by atoms with Crippen molar-refractivity contribution in [1.29, 1.82) is 5.26 Å². The van der Waals surface area contributed by atoms with Crippen molar-refractivity contribution >= 4 is 28.3 Å². The predicted molar refractivity (Wildman–Crippen MR) is 61.2 cm³/mol. The van der Waals surface area contributed by atoms with Crippen LogP contribution in [0.2, 0.25) is 0 Å². The van der Waals surface area contributed by atoms with Gasteiger partial charge in [-0.2, -0.15) is 5.26 Å². The lowest BCUT2D eigenvalue weighted by Crippen LogP contribution is -2.09. The van der Waals surface area contributed by atoms with E-state index in [0.29, 0.717) is 10.0 Å². The Morgan fingerprint density at radius 3 is 3.00 bits per heavy atom. The van der Waals surface area contributed by atoms with E-state index in [-0.39, 0.29) is 6.61 Å². The Kier molecular flexibility index (Phi) is 4.84. The number of hydrogen-bond donors (Lipinski definition) is 1. The number of nitriles is 1. The van der Waals surface area contributed by atoms with Gasteiger partial charge in [0, 0.05) is 12.2 Å². The van der Waals surface area contributed by atoms with Crippen LogP contribution in [0.5, 0.6) is 0 Å². The lowest BCUT2D eigenvalue weighted by Gasteiger charge is -1.96. The van der Waals surface area contributed by atoms with E-state index in [2.05, 4.69) is 15.0 Å². The third kappa shape index (κ3) is 4.44. The molecule has 0 aliphatic heterocycles. The summed E-state index contributed by atoms with van der Waals surface area (Å²) in [5.74, 6) is -1.09. The number of nitrogens with zero attached hydrogens (tertiary/aromatic N) is 2. The number of hydrogen-bond acceptors (Lipinski definition) is 6. The number of rotatable bonds is 4. The van der Waals surface area contributed by atoms with Crippen molar-refractivity contribution in [3.05, 3.63) is 23.2 Å². The molecule has 1 aromatic rings. The molecule has 1 heterocycles. The normalized spacial score (nSPS) is 9.88. The minimum atomic E-state index is -0.584. The lowest BCUT2D eigenvalue weighted by molar-refractivity contribution is -0.137. The third-order valence-corrected chi connectivity index (χ3v) is 2.32. The number of nitrogens with one attached hydrogen (secondary N) is 1. The van der Waals surface area contributed by atoms with E-state index >= 15 is 0 Å². The van der Waals surface area contributed by atoms with Gasteiger partial charge in [-0.05, 0) is 6.92 Å². The van der Waals surface area contributed by atoms with Crippen LogP contribution in [-0.4, -0.2) is 23.5 Å². The Bertz CT molecular complexity index is 487. The van der Waals surface area contributed by atoms with E-state index in [4.69, 9.17) is 5.26 Å². The van der Waals surface area contributed by atoms with Crippen LogP contribution in [-0.2, 0) is 14.3 Å². The molecule has 0 unspecified atom stereocenters. The van der Waals surface area contributed by atoms with Gasteiger partial charge in [-0.1, -0.05) is 11.3 Å². The molecule has 17 heavy (non-hydrogen) atoms. The largest absolute Gasteiger partial charge is 0.463 e. The molecule has 0 bridgehead atoms. The molecule has 1 rings (SSSR count). The summed E-state index contributed by atoms with van der Waals surface area (Å²) < 4.78 is 4.60. The van der Waals surface area contributed by atoms with E-state index in [1.165, 1.54) is 6.20 Å². The SMILES string of the molecule is CCOC(=O)/C=C/C(=O)Nc1ncc(C#N)s1. The van der Waals surface area contributed by atoms with Crippen LogP contribution >= 0.6 is 11.3 Å². The Labute approximate surface area is 102 Å². The van der Waals surface area contributed by atoms with Crippen LogP contribution in [0.25, 0.3) is 0 Å². The van der Waals surface area contributed by atoms with Crippen molar-refractivity contribution < 1.29 is 14.3 Å². The maximum absolute atomic E-state index is 11.3. The van der Waals surface area contributed by atoms with Gasteiger partial charge in [0.25, 0.3) is 0 Å². The summed E-state index contributed by atoms with van der Waals surface area (Å²) in [4.78, 5) is 26.4. The highest BCUT2D eigenvalue weighted by atomic mass is 32.1. The second kappa shape index (κ2) is 6.40. The molecule has 1 N–H and O–H groups in total. The van der Waals surface area contributed by atoms with Crippen molar-refractivity contribution in [2.24, 2.45) is 0 Å². The second-order valence-corrected chi connectivity index (χ2v) is 3.75. The summed E-state index contributed by atoms with van der Waals surface area (Å²) >= 11 is 1.05. The zero-order valence-electron chi connectivity index (χ0n) is 8.97. The highest BCUT2D eigenvalue weighted by Crippen LogP contribution is 2.16. The molecule has 1 amide bonds. The summed E-state index contributed by atoms with van der Waals surface area (Å²) in [6, 6.07) is 1.90. The number of thiazole rings is 1. The van der Waals surface area contributed by atoms with Crippen molar-refractivity contribution in [1.82, 2.24) is 4.98 Å². The number of aromatic nitrogens is 1. The summed E-state index contributed by atoms with van der Waals surface area (Å²) in [6.45, 7) is 1.92. The number of amides is 1. The Morgan fingerprint density at radius 2 is 2.41 bits per heavy atom. The van der Waals surface area contributed by atoms with E-state index in [1.807, 2.05) is 6.07 Å². The third-order valence-electron chi connectivity index (χ3n) is 1.50. The molecule has 0 saturated carbocycles. The maximum Gasteiger partial charge on any atom is 0.330 e. The van der Waals surface area contributed by atoms with Gasteiger partial charge in [0.1, 0.15) is 10.9 Å². The Morgan fingerprint density at radius 1 is 1.65 bits per heavy atom. The average Bonchev–Trinajstić information content (AvgIpc) is 2.74. The van der Waals surface area contributed by atoms with E-state index < -0.39 is 11.9 Å². The van der Waals surface area contributed by atoms with Crippen molar-refractivity contribution in [3.63, 3.8) is 0 Å². The van der Waals surface area contributed by atoms with Crippen LogP contribution in [0, 0.1) is 11.3 Å². The molecule has 0 saturated heterocycles. The molecule has 0 fully saturated rings. The highest BCUT2D eigenvalue weighted by molar-refractivity contribution is 7.16. The summed E-state index contributed by atoms with van der Waals surface area (Å²) in [7, 11) is 0. The van der Waals surface area contributed by atoms with Gasteiger partial charge in [-0.3, -0.25) is 10.1 Å². The smallest absolute Gasteiger partial charge is 0.330 e. The molecule has 0 atom stereocenters. The standard InChI is InChI=1S/C10H9N3O3S/c1-2-16-9(15)4-3-8(14)13-10-12-6-7(5-11)17-10/h3-4,6H,2H2,1H3,(H,12,13,14)/b4-3+. The molecule has 6 nitrogen and oxygen atoms in total. The van der Waals surface area contributed by atoms with Crippen LogP contribution < -0.4 is 5.32 Å². The van der Waals surface area contributed by atoms with Gasteiger partial charge in [0.05, 0.1) is 12.8 Å². The first-order chi connectivity index (χ1) is 8.15.